The number of hydrogen-bond acceptors (Lipinski definition) is 4. The molecule has 1 aliphatic carbocycles. The van der Waals surface area contributed by atoms with Crippen LogP contribution in [0.2, 0.25) is 0 Å². The molecule has 2 fully saturated rings. The molecule has 0 aromatic heterocycles. The van der Waals surface area contributed by atoms with E-state index in [-0.39, 0.29) is 41.1 Å². The van der Waals surface area contributed by atoms with E-state index in [0.717, 1.165) is 36.8 Å². The van der Waals surface area contributed by atoms with E-state index in [0.29, 0.717) is 19.5 Å². The first-order valence-corrected chi connectivity index (χ1v) is 13.6. The average molecular weight is 484 g/mol. The number of rotatable bonds is 9. The van der Waals surface area contributed by atoms with Crippen LogP contribution in [0.5, 0.6) is 0 Å². The van der Waals surface area contributed by atoms with Gasteiger partial charge in [-0.15, -0.1) is 0 Å². The van der Waals surface area contributed by atoms with Crippen molar-refractivity contribution in [2.24, 2.45) is 5.92 Å². The van der Waals surface area contributed by atoms with Crippen LogP contribution in [0.3, 0.4) is 0 Å². The number of hydrogen-bond donors (Lipinski definition) is 2. The molecule has 2 atom stereocenters. The van der Waals surface area contributed by atoms with Crippen molar-refractivity contribution in [3.05, 3.63) is 65.7 Å². The summed E-state index contributed by atoms with van der Waals surface area (Å²) in [5, 5.41) is 2.94. The van der Waals surface area contributed by atoms with Crippen molar-refractivity contribution < 1.29 is 18.0 Å². The summed E-state index contributed by atoms with van der Waals surface area (Å²) in [6, 6.07) is 16.6. The van der Waals surface area contributed by atoms with Gasteiger partial charge in [0.2, 0.25) is 21.8 Å². The minimum Gasteiger partial charge on any atom is -0.355 e. The molecule has 2 aromatic rings. The highest BCUT2D eigenvalue weighted by Gasteiger charge is 2.36. The minimum atomic E-state index is -3.50. The molecule has 0 bridgehead atoms. The standard InChI is InChI=1S/C26H33N3O4S/c1-19(21-7-3-2-4-8-21)29-18-22(17-25(29)30)26(31)27-16-15-20-11-13-24(14-12-20)34(32,33)28-23-9-5-6-10-23/h2-4,7-8,11-14,19,22-23,28H,5-6,9-10,15-18H2,1H3,(H,27,31). The summed E-state index contributed by atoms with van der Waals surface area (Å²) in [7, 11) is -3.50. The number of likely N-dealkylation sites (tertiary alicyclic amines) is 1. The van der Waals surface area contributed by atoms with Gasteiger partial charge < -0.3 is 10.2 Å². The van der Waals surface area contributed by atoms with Crippen LogP contribution in [0.15, 0.2) is 59.5 Å². The van der Waals surface area contributed by atoms with Crippen molar-refractivity contribution >= 4 is 21.8 Å². The van der Waals surface area contributed by atoms with E-state index in [1.54, 1.807) is 29.2 Å². The van der Waals surface area contributed by atoms with Crippen LogP contribution in [-0.2, 0) is 26.0 Å². The normalized spacial score (nSPS) is 20.0. The monoisotopic (exact) mass is 483 g/mol. The van der Waals surface area contributed by atoms with Gasteiger partial charge in [-0.25, -0.2) is 13.1 Å². The van der Waals surface area contributed by atoms with Crippen LogP contribution in [0, 0.1) is 5.92 Å². The van der Waals surface area contributed by atoms with Crippen LogP contribution >= 0.6 is 0 Å². The highest BCUT2D eigenvalue weighted by atomic mass is 32.2. The maximum atomic E-state index is 12.7. The minimum absolute atomic E-state index is 0.000450. The fourth-order valence-electron chi connectivity index (χ4n) is 4.83. The summed E-state index contributed by atoms with van der Waals surface area (Å²) in [4.78, 5) is 27.2. The van der Waals surface area contributed by atoms with E-state index >= 15 is 0 Å². The molecular weight excluding hydrogens is 450 g/mol. The predicted molar refractivity (Wildman–Crippen MR) is 130 cm³/mol. The van der Waals surface area contributed by atoms with Crippen molar-refractivity contribution in [1.29, 1.82) is 0 Å². The van der Waals surface area contributed by atoms with Gasteiger partial charge in [-0.2, -0.15) is 0 Å². The Morgan fingerprint density at radius 1 is 1.06 bits per heavy atom. The summed E-state index contributed by atoms with van der Waals surface area (Å²) >= 11 is 0. The fourth-order valence-corrected chi connectivity index (χ4v) is 6.14. The second-order valence-corrected chi connectivity index (χ2v) is 11.0. The Morgan fingerprint density at radius 3 is 2.41 bits per heavy atom. The number of benzene rings is 2. The first-order chi connectivity index (χ1) is 16.3. The van der Waals surface area contributed by atoms with Crippen LogP contribution in [0.25, 0.3) is 0 Å². The highest BCUT2D eigenvalue weighted by Crippen LogP contribution is 2.28. The van der Waals surface area contributed by atoms with Gasteiger partial charge in [0.15, 0.2) is 0 Å². The number of amides is 2. The van der Waals surface area contributed by atoms with Crippen molar-refractivity contribution in [3.63, 3.8) is 0 Å². The Kier molecular flexibility index (Phi) is 7.68. The Bertz CT molecular complexity index is 1100. The lowest BCUT2D eigenvalue weighted by atomic mass is 10.1. The smallest absolute Gasteiger partial charge is 0.240 e. The van der Waals surface area contributed by atoms with E-state index in [1.807, 2.05) is 37.3 Å². The van der Waals surface area contributed by atoms with E-state index < -0.39 is 10.0 Å². The summed E-state index contributed by atoms with van der Waals surface area (Å²) in [5.41, 5.74) is 2.00. The SMILES string of the molecule is CC(c1ccccc1)N1CC(C(=O)NCCc2ccc(S(=O)(=O)NC3CCCC3)cc2)CC1=O. The fraction of sp³-hybridized carbons (Fsp3) is 0.462. The Balaban J connectivity index is 1.25. The third-order valence-electron chi connectivity index (χ3n) is 6.90. The quantitative estimate of drug-likeness (QED) is 0.573. The Labute approximate surface area is 202 Å². The molecule has 1 saturated carbocycles. The number of carbonyl (C=O) groups is 2. The maximum absolute atomic E-state index is 12.7. The summed E-state index contributed by atoms with van der Waals surface area (Å²) < 4.78 is 27.9. The molecule has 1 saturated heterocycles. The molecule has 34 heavy (non-hydrogen) atoms. The first kappa shape index (κ1) is 24.4. The van der Waals surface area contributed by atoms with Crippen LogP contribution in [-0.4, -0.2) is 44.3 Å². The van der Waals surface area contributed by atoms with Gasteiger partial charge in [0.25, 0.3) is 0 Å². The Morgan fingerprint density at radius 2 is 1.74 bits per heavy atom. The van der Waals surface area contributed by atoms with E-state index in [1.165, 1.54) is 0 Å². The van der Waals surface area contributed by atoms with Gasteiger partial charge in [0, 0.05) is 25.6 Å². The summed E-state index contributed by atoms with van der Waals surface area (Å²) in [6.45, 7) is 2.84. The maximum Gasteiger partial charge on any atom is 0.240 e. The highest BCUT2D eigenvalue weighted by molar-refractivity contribution is 7.89. The van der Waals surface area contributed by atoms with Crippen molar-refractivity contribution in [2.45, 2.75) is 62.4 Å². The predicted octanol–water partition coefficient (Wildman–Crippen LogP) is 3.18. The average Bonchev–Trinajstić information content (AvgIpc) is 3.48. The van der Waals surface area contributed by atoms with Crippen LogP contribution in [0.1, 0.15) is 56.2 Å². The zero-order valence-electron chi connectivity index (χ0n) is 19.6. The number of carbonyl (C=O) groups excluding carboxylic acids is 2. The van der Waals surface area contributed by atoms with E-state index in [4.69, 9.17) is 0 Å². The second-order valence-electron chi connectivity index (χ2n) is 9.32. The molecule has 2 aromatic carbocycles. The molecule has 7 nitrogen and oxygen atoms in total. The molecule has 8 heteroatoms. The number of nitrogens with one attached hydrogen (secondary N) is 2. The number of sulfonamides is 1. The molecule has 0 radical (unpaired) electrons. The molecule has 1 heterocycles. The molecule has 2 amide bonds. The summed E-state index contributed by atoms with van der Waals surface area (Å²) in [5.74, 6) is -0.469. The Hall–Kier alpha value is -2.71. The largest absolute Gasteiger partial charge is 0.355 e. The third kappa shape index (κ3) is 5.85. The van der Waals surface area contributed by atoms with Gasteiger partial charge in [-0.1, -0.05) is 55.3 Å². The van der Waals surface area contributed by atoms with Crippen LogP contribution < -0.4 is 10.0 Å². The van der Waals surface area contributed by atoms with Gasteiger partial charge in [-0.3, -0.25) is 9.59 Å². The molecule has 2 N–H and O–H groups in total. The van der Waals surface area contributed by atoms with Gasteiger partial charge in [0.05, 0.1) is 16.9 Å². The molecule has 182 valence electrons. The van der Waals surface area contributed by atoms with Gasteiger partial charge >= 0.3 is 0 Å². The zero-order chi connectivity index (χ0) is 24.1. The molecule has 2 unspecified atom stereocenters. The second kappa shape index (κ2) is 10.7. The lowest BCUT2D eigenvalue weighted by molar-refractivity contribution is -0.130. The third-order valence-corrected chi connectivity index (χ3v) is 8.44. The van der Waals surface area contributed by atoms with E-state index in [9.17, 15) is 18.0 Å². The summed E-state index contributed by atoms with van der Waals surface area (Å²) in [6.07, 6.45) is 4.74. The number of nitrogens with zero attached hydrogens (tertiary/aromatic N) is 1. The zero-order valence-corrected chi connectivity index (χ0v) is 20.4. The van der Waals surface area contributed by atoms with E-state index in [2.05, 4.69) is 10.0 Å². The molecule has 1 aliphatic heterocycles. The van der Waals surface area contributed by atoms with Crippen molar-refractivity contribution in [2.75, 3.05) is 13.1 Å². The van der Waals surface area contributed by atoms with Crippen molar-refractivity contribution in [1.82, 2.24) is 14.9 Å². The molecule has 2 aliphatic rings. The van der Waals surface area contributed by atoms with Gasteiger partial charge in [-0.05, 0) is 49.4 Å². The molecule has 4 rings (SSSR count). The van der Waals surface area contributed by atoms with Crippen molar-refractivity contribution in [3.8, 4) is 0 Å². The van der Waals surface area contributed by atoms with Gasteiger partial charge in [0.1, 0.15) is 0 Å². The molecule has 0 spiro atoms. The topological polar surface area (TPSA) is 95.6 Å². The molecular formula is C26H33N3O4S. The lowest BCUT2D eigenvalue weighted by Gasteiger charge is -2.25. The van der Waals surface area contributed by atoms with Crippen LogP contribution in [0.4, 0.5) is 0 Å². The lowest BCUT2D eigenvalue weighted by Crippen LogP contribution is -2.34. The first-order valence-electron chi connectivity index (χ1n) is 12.1.